The summed E-state index contributed by atoms with van der Waals surface area (Å²) in [7, 11) is 0. The van der Waals surface area contributed by atoms with Gasteiger partial charge in [-0.05, 0) is 40.2 Å². The van der Waals surface area contributed by atoms with E-state index < -0.39 is 6.61 Å². The lowest BCUT2D eigenvalue weighted by atomic mass is 10.1. The van der Waals surface area contributed by atoms with Crippen LogP contribution in [0.4, 0.5) is 8.78 Å². The highest BCUT2D eigenvalue weighted by molar-refractivity contribution is 9.10. The first-order chi connectivity index (χ1) is 14.9. The average Bonchev–Trinajstić information content (AvgIpc) is 3.23. The molecular weight excluding hydrogens is 502 g/mol. The van der Waals surface area contributed by atoms with E-state index in [4.69, 9.17) is 30.2 Å². The molecule has 1 fully saturated rings. The summed E-state index contributed by atoms with van der Waals surface area (Å²) in [6.07, 6.45) is 0.137. The Kier molecular flexibility index (Phi) is 6.76. The lowest BCUT2D eigenvalue weighted by molar-refractivity contribution is -0.0535. The summed E-state index contributed by atoms with van der Waals surface area (Å²) < 4.78 is 53.3. The molecule has 0 radical (unpaired) electrons. The molecule has 0 amide bonds. The van der Waals surface area contributed by atoms with Gasteiger partial charge in [0.1, 0.15) is 17.3 Å². The zero-order valence-electron chi connectivity index (χ0n) is 15.9. The average molecular weight is 518 g/mol. The Morgan fingerprint density at radius 3 is 2.68 bits per heavy atom. The third kappa shape index (κ3) is 5.01. The highest BCUT2D eigenvalue weighted by Gasteiger charge is 2.20. The first-order valence-electron chi connectivity index (χ1n) is 9.29. The molecule has 1 aliphatic rings. The minimum atomic E-state index is -3.08. The maximum Gasteiger partial charge on any atom is 0.387 e. The molecule has 164 valence electrons. The van der Waals surface area contributed by atoms with Crippen molar-refractivity contribution in [1.82, 2.24) is 0 Å². The lowest BCUT2D eigenvalue weighted by Crippen LogP contribution is -2.13. The lowest BCUT2D eigenvalue weighted by Gasteiger charge is -2.16. The maximum atomic E-state index is 13.0. The summed E-state index contributed by atoms with van der Waals surface area (Å²) in [5, 5.41) is 0.496. The molecule has 0 aliphatic carbocycles. The van der Waals surface area contributed by atoms with Crippen molar-refractivity contribution in [2.45, 2.75) is 19.3 Å². The quantitative estimate of drug-likeness (QED) is 0.405. The van der Waals surface area contributed by atoms with Gasteiger partial charge in [-0.15, -0.1) is 0 Å². The van der Waals surface area contributed by atoms with Crippen molar-refractivity contribution in [1.29, 1.82) is 0 Å². The minimum absolute atomic E-state index is 0.0149. The predicted molar refractivity (Wildman–Crippen MR) is 113 cm³/mol. The molecule has 10 heteroatoms. The summed E-state index contributed by atoms with van der Waals surface area (Å²) in [5.74, 6) is 0.170. The Morgan fingerprint density at radius 2 is 1.94 bits per heavy atom. The molecule has 0 saturated carbocycles. The highest BCUT2D eigenvalue weighted by atomic mass is 79.9. The van der Waals surface area contributed by atoms with Crippen molar-refractivity contribution in [3.63, 3.8) is 0 Å². The smallest absolute Gasteiger partial charge is 0.387 e. The number of fused-ring (bicyclic) bond motifs is 1. The number of ether oxygens (including phenoxy) is 4. The number of hydrogen-bond donors (Lipinski definition) is 0. The molecule has 0 bridgehead atoms. The molecule has 0 N–H and O–H groups in total. The fourth-order valence-corrected chi connectivity index (χ4v) is 3.80. The van der Waals surface area contributed by atoms with Crippen molar-refractivity contribution in [3.8, 4) is 22.8 Å². The van der Waals surface area contributed by atoms with Crippen LogP contribution in [0.1, 0.15) is 6.42 Å². The number of halogens is 4. The number of alkyl halides is 2. The van der Waals surface area contributed by atoms with E-state index in [1.165, 1.54) is 18.2 Å². The van der Waals surface area contributed by atoms with Gasteiger partial charge in [0.15, 0.2) is 17.3 Å². The molecule has 31 heavy (non-hydrogen) atoms. The fourth-order valence-electron chi connectivity index (χ4n) is 3.15. The maximum absolute atomic E-state index is 13.0. The van der Waals surface area contributed by atoms with Crippen molar-refractivity contribution in [2.75, 3.05) is 19.8 Å². The van der Waals surface area contributed by atoms with Crippen LogP contribution in [0.5, 0.6) is 11.5 Å². The van der Waals surface area contributed by atoms with Crippen molar-refractivity contribution in [2.24, 2.45) is 0 Å². The number of benzene rings is 2. The standard InChI is InChI=1S/C21H16BrClF2O6/c22-13-9-16(31-21(24)25)12(8-18(13)27-5-4-19-28-6-7-29-19)17-10-15(26)11-2-1-3-14(23)20(11)30-17/h1-3,8-10,19,21H,4-7H2. The summed E-state index contributed by atoms with van der Waals surface area (Å²) in [6, 6.07) is 8.74. The first kappa shape index (κ1) is 22.0. The number of hydrogen-bond acceptors (Lipinski definition) is 6. The van der Waals surface area contributed by atoms with Crippen LogP contribution in [0.15, 0.2) is 50.1 Å². The van der Waals surface area contributed by atoms with Crippen LogP contribution < -0.4 is 14.9 Å². The molecule has 1 saturated heterocycles. The molecule has 0 unspecified atom stereocenters. The Hall–Kier alpha value is -2.20. The van der Waals surface area contributed by atoms with Gasteiger partial charge in [0.2, 0.25) is 0 Å². The predicted octanol–water partition coefficient (Wildman–Crippen LogP) is 5.62. The highest BCUT2D eigenvalue weighted by Crippen LogP contribution is 2.40. The molecule has 2 aromatic carbocycles. The van der Waals surface area contributed by atoms with Gasteiger partial charge in [0.05, 0.1) is 40.3 Å². The van der Waals surface area contributed by atoms with Crippen LogP contribution in [-0.4, -0.2) is 32.7 Å². The van der Waals surface area contributed by atoms with Crippen LogP contribution >= 0.6 is 27.5 Å². The molecule has 2 heterocycles. The summed E-state index contributed by atoms with van der Waals surface area (Å²) >= 11 is 9.46. The molecule has 1 aromatic heterocycles. The molecular formula is C21H16BrClF2O6. The Bertz CT molecular complexity index is 1150. The normalized spacial score (nSPS) is 14.5. The molecule has 0 spiro atoms. The Morgan fingerprint density at radius 1 is 1.16 bits per heavy atom. The third-order valence-corrected chi connectivity index (χ3v) is 5.44. The largest absolute Gasteiger partial charge is 0.492 e. The summed E-state index contributed by atoms with van der Waals surface area (Å²) in [6.45, 7) is -1.76. The number of rotatable bonds is 7. The SMILES string of the molecule is O=c1cc(-c2cc(OCCC3OCCO3)c(Br)cc2OC(F)F)oc2c(Cl)cccc12. The van der Waals surface area contributed by atoms with Crippen LogP contribution in [0.2, 0.25) is 5.02 Å². The van der Waals surface area contributed by atoms with E-state index in [9.17, 15) is 13.6 Å². The topological polar surface area (TPSA) is 67.1 Å². The van der Waals surface area contributed by atoms with E-state index in [0.29, 0.717) is 29.9 Å². The van der Waals surface area contributed by atoms with Gasteiger partial charge >= 0.3 is 6.61 Å². The van der Waals surface area contributed by atoms with E-state index in [0.717, 1.165) is 0 Å². The van der Waals surface area contributed by atoms with Gasteiger partial charge < -0.3 is 23.4 Å². The second kappa shape index (κ2) is 9.52. The molecule has 4 rings (SSSR count). The van der Waals surface area contributed by atoms with Gasteiger partial charge in [-0.3, -0.25) is 4.79 Å². The summed E-state index contributed by atoms with van der Waals surface area (Å²) in [5.41, 5.74) is -0.107. The molecule has 6 nitrogen and oxygen atoms in total. The first-order valence-corrected chi connectivity index (χ1v) is 10.5. The van der Waals surface area contributed by atoms with Crippen molar-refractivity contribution >= 4 is 38.5 Å². The van der Waals surface area contributed by atoms with Gasteiger partial charge in [-0.25, -0.2) is 0 Å². The van der Waals surface area contributed by atoms with Gasteiger partial charge in [-0.1, -0.05) is 17.7 Å². The molecule has 1 aliphatic heterocycles. The summed E-state index contributed by atoms with van der Waals surface area (Å²) in [4.78, 5) is 12.6. The monoisotopic (exact) mass is 516 g/mol. The van der Waals surface area contributed by atoms with Crippen LogP contribution in [0.3, 0.4) is 0 Å². The van der Waals surface area contributed by atoms with Gasteiger partial charge in [-0.2, -0.15) is 8.78 Å². The van der Waals surface area contributed by atoms with E-state index in [1.807, 2.05) is 0 Å². The van der Waals surface area contributed by atoms with E-state index in [-0.39, 0.29) is 51.4 Å². The van der Waals surface area contributed by atoms with E-state index >= 15 is 0 Å². The second-order valence-electron chi connectivity index (χ2n) is 6.56. The zero-order chi connectivity index (χ0) is 22.0. The number of para-hydroxylation sites is 1. The molecule has 0 atom stereocenters. The Labute approximate surface area is 188 Å². The zero-order valence-corrected chi connectivity index (χ0v) is 18.3. The Balaban J connectivity index is 1.72. The van der Waals surface area contributed by atoms with Crippen LogP contribution in [0.25, 0.3) is 22.3 Å². The van der Waals surface area contributed by atoms with Crippen molar-refractivity contribution in [3.05, 3.63) is 56.1 Å². The fraction of sp³-hybridized carbons (Fsp3) is 0.286. The minimum Gasteiger partial charge on any atom is -0.492 e. The third-order valence-electron chi connectivity index (χ3n) is 4.52. The van der Waals surface area contributed by atoms with E-state index in [1.54, 1.807) is 18.2 Å². The van der Waals surface area contributed by atoms with Gasteiger partial charge in [0.25, 0.3) is 0 Å². The second-order valence-corrected chi connectivity index (χ2v) is 7.82. The van der Waals surface area contributed by atoms with Crippen molar-refractivity contribution < 1.29 is 32.1 Å². The van der Waals surface area contributed by atoms with Crippen LogP contribution in [0, 0.1) is 0 Å². The van der Waals surface area contributed by atoms with E-state index in [2.05, 4.69) is 20.7 Å². The van der Waals surface area contributed by atoms with Gasteiger partial charge in [0, 0.05) is 12.5 Å². The molecule has 3 aromatic rings. The van der Waals surface area contributed by atoms with Crippen LogP contribution in [-0.2, 0) is 9.47 Å².